The molecule has 1 fully saturated rings. The normalized spacial score (nSPS) is 20.8. The Labute approximate surface area is 161 Å². The number of nitrogens with two attached hydrogens (primary N) is 1. The molecule has 1 atom stereocenters. The fraction of sp³-hybridized carbons (Fsp3) is 0.350. The van der Waals surface area contributed by atoms with E-state index in [1.807, 2.05) is 24.3 Å². The number of rotatable bonds is 3. The molecular weight excluding hydrogens is 360 g/mol. The number of likely N-dealkylation sites (tertiary alicyclic amines) is 1. The Morgan fingerprint density at radius 1 is 1.43 bits per heavy atom. The average Bonchev–Trinajstić information content (AvgIpc) is 3.33. The molecule has 0 radical (unpaired) electrons. The Balaban J connectivity index is 1.60. The molecule has 3 heterocycles. The maximum Gasteiger partial charge on any atom is 0.269 e. The number of nitrogens with zero attached hydrogens (tertiary/aromatic N) is 3. The number of ether oxygens (including phenoxy) is 1. The van der Waals surface area contributed by atoms with Gasteiger partial charge in [0.2, 0.25) is 0 Å². The monoisotopic (exact) mass is 380 g/mol. The summed E-state index contributed by atoms with van der Waals surface area (Å²) in [6.45, 7) is 1.20. The molecule has 28 heavy (non-hydrogen) atoms. The van der Waals surface area contributed by atoms with Crippen molar-refractivity contribution in [2.45, 2.75) is 31.7 Å². The van der Waals surface area contributed by atoms with Crippen LogP contribution in [0.2, 0.25) is 0 Å². The van der Waals surface area contributed by atoms with E-state index < -0.39 is 11.5 Å². The van der Waals surface area contributed by atoms with Crippen LogP contribution in [0.5, 0.6) is 0 Å². The van der Waals surface area contributed by atoms with Gasteiger partial charge in [-0.15, -0.1) is 0 Å². The summed E-state index contributed by atoms with van der Waals surface area (Å²) in [4.78, 5) is 25.2. The summed E-state index contributed by atoms with van der Waals surface area (Å²) >= 11 is 0. The third-order valence-electron chi connectivity index (χ3n) is 5.12. The number of aromatic nitrogens is 2. The van der Waals surface area contributed by atoms with Gasteiger partial charge >= 0.3 is 0 Å². The lowest BCUT2D eigenvalue weighted by molar-refractivity contribution is -0.141. The van der Waals surface area contributed by atoms with Crippen LogP contribution in [0.3, 0.4) is 0 Å². The van der Waals surface area contributed by atoms with Gasteiger partial charge in [-0.2, -0.15) is 5.10 Å². The van der Waals surface area contributed by atoms with E-state index in [0.29, 0.717) is 31.7 Å². The van der Waals surface area contributed by atoms with Gasteiger partial charge < -0.3 is 20.5 Å². The molecule has 2 aliphatic heterocycles. The maximum atomic E-state index is 12.0. The van der Waals surface area contributed by atoms with Crippen molar-refractivity contribution >= 4 is 11.8 Å². The molecule has 4 rings (SSSR count). The first-order valence-electron chi connectivity index (χ1n) is 8.94. The molecule has 2 aliphatic rings. The number of hydrogen-bond acceptors (Lipinski definition) is 5. The lowest BCUT2D eigenvalue weighted by atomic mass is 9.98. The standard InChI is InChI=1S/C20H20N4O4/c1-23-9-8-20(27,19(23)26)7-3-5-13-4-2-6-14(10-13)24-16-12-28-11-15(16)17(22-24)18(21)25/h2,4,6,10,27H,7-9,11-12H2,1H3,(H2,21,25)/t20-/m0/s1. The van der Waals surface area contributed by atoms with Crippen LogP contribution in [-0.4, -0.2) is 50.8 Å². The van der Waals surface area contributed by atoms with Crippen molar-refractivity contribution < 1.29 is 19.4 Å². The smallest absolute Gasteiger partial charge is 0.269 e. The zero-order valence-corrected chi connectivity index (χ0v) is 15.4. The maximum absolute atomic E-state index is 12.0. The second-order valence-corrected chi connectivity index (χ2v) is 7.08. The molecule has 0 unspecified atom stereocenters. The van der Waals surface area contributed by atoms with Crippen molar-refractivity contribution in [1.82, 2.24) is 14.7 Å². The van der Waals surface area contributed by atoms with Gasteiger partial charge in [0.15, 0.2) is 11.3 Å². The fourth-order valence-corrected chi connectivity index (χ4v) is 3.53. The van der Waals surface area contributed by atoms with Crippen molar-refractivity contribution in [3.63, 3.8) is 0 Å². The Morgan fingerprint density at radius 3 is 2.96 bits per heavy atom. The Morgan fingerprint density at radius 2 is 2.25 bits per heavy atom. The van der Waals surface area contributed by atoms with E-state index in [-0.39, 0.29) is 18.0 Å². The summed E-state index contributed by atoms with van der Waals surface area (Å²) in [6, 6.07) is 7.34. The molecule has 2 aromatic rings. The third-order valence-corrected chi connectivity index (χ3v) is 5.12. The minimum absolute atomic E-state index is 0.0806. The predicted molar refractivity (Wildman–Crippen MR) is 99.3 cm³/mol. The highest BCUT2D eigenvalue weighted by Crippen LogP contribution is 2.27. The summed E-state index contributed by atoms with van der Waals surface area (Å²) in [6.07, 6.45) is 0.462. The van der Waals surface area contributed by atoms with Gasteiger partial charge in [0.1, 0.15) is 0 Å². The lowest BCUT2D eigenvalue weighted by Gasteiger charge is -2.17. The van der Waals surface area contributed by atoms with Crippen LogP contribution in [0.15, 0.2) is 24.3 Å². The summed E-state index contributed by atoms with van der Waals surface area (Å²) in [5.74, 6) is 5.03. The van der Waals surface area contributed by atoms with Crippen LogP contribution < -0.4 is 5.73 Å². The van der Waals surface area contributed by atoms with E-state index in [0.717, 1.165) is 16.9 Å². The second kappa shape index (κ2) is 6.78. The van der Waals surface area contributed by atoms with Crippen LogP contribution in [0, 0.1) is 11.8 Å². The van der Waals surface area contributed by atoms with Crippen LogP contribution in [0.1, 0.15) is 40.2 Å². The minimum Gasteiger partial charge on any atom is -0.379 e. The second-order valence-electron chi connectivity index (χ2n) is 7.08. The number of hydrogen-bond donors (Lipinski definition) is 2. The average molecular weight is 380 g/mol. The van der Waals surface area contributed by atoms with Gasteiger partial charge in [0, 0.05) is 37.6 Å². The van der Waals surface area contributed by atoms with Gasteiger partial charge in [-0.1, -0.05) is 17.9 Å². The van der Waals surface area contributed by atoms with Gasteiger partial charge in [-0.3, -0.25) is 9.59 Å². The molecule has 1 aromatic heterocycles. The Hall–Kier alpha value is -3.15. The van der Waals surface area contributed by atoms with Crippen LogP contribution in [0.25, 0.3) is 5.69 Å². The van der Waals surface area contributed by atoms with Crippen molar-refractivity contribution in [2.24, 2.45) is 5.73 Å². The van der Waals surface area contributed by atoms with Crippen molar-refractivity contribution in [1.29, 1.82) is 0 Å². The summed E-state index contributed by atoms with van der Waals surface area (Å²) in [5, 5.41) is 14.8. The molecule has 3 N–H and O–H groups in total. The van der Waals surface area contributed by atoms with E-state index in [1.54, 1.807) is 11.7 Å². The predicted octanol–water partition coefficient (Wildman–Crippen LogP) is 0.336. The van der Waals surface area contributed by atoms with Gasteiger partial charge in [0.25, 0.3) is 11.8 Å². The first-order valence-corrected chi connectivity index (χ1v) is 8.94. The van der Waals surface area contributed by atoms with E-state index in [1.165, 1.54) is 4.90 Å². The van der Waals surface area contributed by atoms with Gasteiger partial charge in [-0.05, 0) is 18.2 Å². The van der Waals surface area contributed by atoms with Gasteiger partial charge in [-0.25, -0.2) is 4.68 Å². The molecule has 2 amide bonds. The zero-order valence-electron chi connectivity index (χ0n) is 15.4. The first-order chi connectivity index (χ1) is 13.4. The minimum atomic E-state index is -1.41. The number of aliphatic hydroxyl groups is 1. The highest BCUT2D eigenvalue weighted by atomic mass is 16.5. The molecular formula is C20H20N4O4. The van der Waals surface area contributed by atoms with Crippen molar-refractivity contribution in [2.75, 3.05) is 13.6 Å². The largest absolute Gasteiger partial charge is 0.379 e. The number of fused-ring (bicyclic) bond motifs is 1. The molecule has 0 bridgehead atoms. The van der Waals surface area contributed by atoms with E-state index in [9.17, 15) is 14.7 Å². The van der Waals surface area contributed by atoms with E-state index in [2.05, 4.69) is 16.9 Å². The van der Waals surface area contributed by atoms with Gasteiger partial charge in [0.05, 0.1) is 24.6 Å². The molecule has 1 saturated heterocycles. The van der Waals surface area contributed by atoms with Crippen molar-refractivity contribution in [3.8, 4) is 17.5 Å². The van der Waals surface area contributed by atoms with E-state index in [4.69, 9.17) is 10.5 Å². The third kappa shape index (κ3) is 3.05. The molecule has 0 aliphatic carbocycles. The van der Waals surface area contributed by atoms with Crippen LogP contribution >= 0.6 is 0 Å². The molecule has 144 valence electrons. The first kappa shape index (κ1) is 18.2. The fourth-order valence-electron chi connectivity index (χ4n) is 3.53. The number of primary amides is 1. The quantitative estimate of drug-likeness (QED) is 0.746. The molecule has 1 aromatic carbocycles. The number of carbonyl (C=O) groups excluding carboxylic acids is 2. The summed E-state index contributed by atoms with van der Waals surface area (Å²) in [5.41, 5.74) is 7.19. The topological polar surface area (TPSA) is 111 Å². The lowest BCUT2D eigenvalue weighted by Crippen LogP contribution is -2.38. The van der Waals surface area contributed by atoms with Crippen LogP contribution in [-0.2, 0) is 22.7 Å². The molecule has 0 saturated carbocycles. The highest BCUT2D eigenvalue weighted by molar-refractivity contribution is 5.92. The number of amides is 2. The Bertz CT molecular complexity index is 1030. The van der Waals surface area contributed by atoms with E-state index >= 15 is 0 Å². The number of benzene rings is 1. The molecule has 8 nitrogen and oxygen atoms in total. The SMILES string of the molecule is CN1CC[C@@](O)(CC#Cc2cccc(-n3nc(C(N)=O)c4c3COC4)c2)C1=O. The molecule has 0 spiro atoms. The van der Waals surface area contributed by atoms with Crippen LogP contribution in [0.4, 0.5) is 0 Å². The van der Waals surface area contributed by atoms with Crippen molar-refractivity contribution in [3.05, 3.63) is 46.8 Å². The summed E-state index contributed by atoms with van der Waals surface area (Å²) in [7, 11) is 1.67. The molecule has 8 heteroatoms. The Kier molecular flexibility index (Phi) is 4.41. The highest BCUT2D eigenvalue weighted by Gasteiger charge is 2.42. The summed E-state index contributed by atoms with van der Waals surface area (Å²) < 4.78 is 7.08. The number of likely N-dealkylation sites (N-methyl/N-ethyl adjacent to an activating group) is 1. The zero-order chi connectivity index (χ0) is 19.9. The number of carbonyl (C=O) groups is 2.